The summed E-state index contributed by atoms with van der Waals surface area (Å²) in [6.45, 7) is 2.35. The molecule has 1 aliphatic rings. The smallest absolute Gasteiger partial charge is 0.260 e. The molecule has 1 N–H and O–H groups in total. The molecule has 1 aromatic heterocycles. The molecule has 2 aromatic rings. The second-order valence-corrected chi connectivity index (χ2v) is 6.55. The molecule has 6 nitrogen and oxygen atoms in total. The average molecular weight is 292 g/mol. The third kappa shape index (κ3) is 2.41. The van der Waals surface area contributed by atoms with Crippen LogP contribution in [0.5, 0.6) is 0 Å². The fourth-order valence-corrected chi connectivity index (χ4v) is 3.67. The number of nitrogens with zero attached hydrogens (tertiary/aromatic N) is 3. The summed E-state index contributed by atoms with van der Waals surface area (Å²) in [4.78, 5) is 2.19. The van der Waals surface area contributed by atoms with Gasteiger partial charge in [0.05, 0.1) is 6.20 Å². The van der Waals surface area contributed by atoms with Crippen molar-refractivity contribution in [2.24, 2.45) is 0 Å². The summed E-state index contributed by atoms with van der Waals surface area (Å²) in [6.07, 6.45) is 1.45. The molecule has 0 radical (unpaired) electrons. The van der Waals surface area contributed by atoms with Gasteiger partial charge in [-0.1, -0.05) is 18.2 Å². The third-order valence-corrected chi connectivity index (χ3v) is 5.28. The van der Waals surface area contributed by atoms with Crippen LogP contribution in [0.4, 0.5) is 5.69 Å². The molecule has 0 spiro atoms. The van der Waals surface area contributed by atoms with Gasteiger partial charge < -0.3 is 4.90 Å². The number of nitrogens with one attached hydrogen (secondary N) is 1. The van der Waals surface area contributed by atoms with Gasteiger partial charge in [-0.05, 0) is 18.2 Å². The summed E-state index contributed by atoms with van der Waals surface area (Å²) in [6, 6.07) is 11.5. The van der Waals surface area contributed by atoms with Gasteiger partial charge in [0.25, 0.3) is 10.0 Å². The topological polar surface area (TPSA) is 69.3 Å². The minimum Gasteiger partial charge on any atom is -0.369 e. The standard InChI is InChI=1S/C13H16N4O2S/c18-20(19,13-6-7-14-15-13)17-10-8-16(9-11-17)12-4-2-1-3-5-12/h1-7H,8-11H2,(H,14,15). The summed E-state index contributed by atoms with van der Waals surface area (Å²) < 4.78 is 26.2. The Labute approximate surface area is 118 Å². The largest absolute Gasteiger partial charge is 0.369 e. The van der Waals surface area contributed by atoms with Crippen LogP contribution in [0.1, 0.15) is 0 Å². The van der Waals surface area contributed by atoms with E-state index in [4.69, 9.17) is 0 Å². The van der Waals surface area contributed by atoms with Gasteiger partial charge in [-0.3, -0.25) is 5.10 Å². The van der Waals surface area contributed by atoms with Gasteiger partial charge in [-0.25, -0.2) is 8.42 Å². The Morgan fingerprint density at radius 1 is 1.00 bits per heavy atom. The molecule has 0 amide bonds. The second-order valence-electron chi connectivity index (χ2n) is 4.65. The number of aromatic amines is 1. The molecule has 0 saturated carbocycles. The number of rotatable bonds is 3. The van der Waals surface area contributed by atoms with Crippen molar-refractivity contribution >= 4 is 15.7 Å². The van der Waals surface area contributed by atoms with Gasteiger partial charge in [0, 0.05) is 31.9 Å². The zero-order valence-corrected chi connectivity index (χ0v) is 11.8. The van der Waals surface area contributed by atoms with E-state index in [0.29, 0.717) is 26.2 Å². The molecule has 0 aliphatic carbocycles. The van der Waals surface area contributed by atoms with Gasteiger partial charge in [0.2, 0.25) is 0 Å². The summed E-state index contributed by atoms with van der Waals surface area (Å²) in [5, 5.41) is 6.39. The lowest BCUT2D eigenvalue weighted by Crippen LogP contribution is -2.48. The van der Waals surface area contributed by atoms with Crippen LogP contribution in [-0.4, -0.2) is 49.1 Å². The summed E-state index contributed by atoms with van der Waals surface area (Å²) in [7, 11) is -3.44. The molecule has 1 saturated heterocycles. The van der Waals surface area contributed by atoms with Gasteiger partial charge in [-0.2, -0.15) is 9.40 Å². The highest BCUT2D eigenvalue weighted by molar-refractivity contribution is 7.89. The van der Waals surface area contributed by atoms with E-state index in [1.165, 1.54) is 16.6 Å². The lowest BCUT2D eigenvalue weighted by Gasteiger charge is -2.35. The van der Waals surface area contributed by atoms with E-state index in [9.17, 15) is 8.42 Å². The minimum absolute atomic E-state index is 0.158. The van der Waals surface area contributed by atoms with E-state index < -0.39 is 10.0 Å². The monoisotopic (exact) mass is 292 g/mol. The Hall–Kier alpha value is -1.86. The average Bonchev–Trinajstić information content (AvgIpc) is 3.03. The van der Waals surface area contributed by atoms with Crippen LogP contribution in [0.25, 0.3) is 0 Å². The zero-order chi connectivity index (χ0) is 14.0. The molecule has 0 bridgehead atoms. The maximum Gasteiger partial charge on any atom is 0.260 e. The van der Waals surface area contributed by atoms with Crippen LogP contribution in [0.15, 0.2) is 47.6 Å². The molecule has 3 rings (SSSR count). The van der Waals surface area contributed by atoms with Crippen LogP contribution in [0.2, 0.25) is 0 Å². The van der Waals surface area contributed by atoms with Crippen molar-refractivity contribution in [1.29, 1.82) is 0 Å². The SMILES string of the molecule is O=S(=O)(c1ccn[nH]1)N1CCN(c2ccccc2)CC1. The van der Waals surface area contributed by atoms with Crippen LogP contribution >= 0.6 is 0 Å². The molecular weight excluding hydrogens is 276 g/mol. The molecule has 20 heavy (non-hydrogen) atoms. The van der Waals surface area contributed by atoms with E-state index in [0.717, 1.165) is 5.69 Å². The van der Waals surface area contributed by atoms with Gasteiger partial charge >= 0.3 is 0 Å². The van der Waals surface area contributed by atoms with Crippen molar-refractivity contribution in [2.45, 2.75) is 5.03 Å². The van der Waals surface area contributed by atoms with Crippen molar-refractivity contribution in [3.63, 3.8) is 0 Å². The first-order valence-electron chi connectivity index (χ1n) is 6.47. The predicted molar refractivity (Wildman–Crippen MR) is 76.0 cm³/mol. The number of hydrogen-bond acceptors (Lipinski definition) is 4. The summed E-state index contributed by atoms with van der Waals surface area (Å²) >= 11 is 0. The van der Waals surface area contributed by atoms with E-state index in [1.54, 1.807) is 0 Å². The van der Waals surface area contributed by atoms with Gasteiger partial charge in [0.1, 0.15) is 0 Å². The number of piperazine rings is 1. The zero-order valence-electron chi connectivity index (χ0n) is 10.9. The lowest BCUT2D eigenvalue weighted by atomic mass is 10.2. The number of anilines is 1. The highest BCUT2D eigenvalue weighted by Gasteiger charge is 2.29. The highest BCUT2D eigenvalue weighted by Crippen LogP contribution is 2.19. The molecule has 2 heterocycles. The molecular formula is C13H16N4O2S. The molecule has 106 valence electrons. The molecule has 1 fully saturated rings. The van der Waals surface area contributed by atoms with E-state index in [2.05, 4.69) is 15.1 Å². The Morgan fingerprint density at radius 2 is 1.70 bits per heavy atom. The molecule has 0 unspecified atom stereocenters. The van der Waals surface area contributed by atoms with Crippen molar-refractivity contribution < 1.29 is 8.42 Å². The van der Waals surface area contributed by atoms with Crippen molar-refractivity contribution in [2.75, 3.05) is 31.1 Å². The maximum atomic E-state index is 12.3. The minimum atomic E-state index is -3.44. The molecule has 0 atom stereocenters. The van der Waals surface area contributed by atoms with Gasteiger partial charge in [-0.15, -0.1) is 0 Å². The summed E-state index contributed by atoms with van der Waals surface area (Å²) in [5.74, 6) is 0. The fourth-order valence-electron chi connectivity index (χ4n) is 2.35. The first kappa shape index (κ1) is 13.1. The first-order chi connectivity index (χ1) is 9.68. The Morgan fingerprint density at radius 3 is 2.30 bits per heavy atom. The van der Waals surface area contributed by atoms with Gasteiger partial charge in [0.15, 0.2) is 5.03 Å². The van der Waals surface area contributed by atoms with Crippen molar-refractivity contribution in [3.8, 4) is 0 Å². The first-order valence-corrected chi connectivity index (χ1v) is 7.91. The quantitative estimate of drug-likeness (QED) is 0.913. The Balaban J connectivity index is 1.70. The number of para-hydroxylation sites is 1. The lowest BCUT2D eigenvalue weighted by molar-refractivity contribution is 0.383. The van der Waals surface area contributed by atoms with E-state index >= 15 is 0 Å². The van der Waals surface area contributed by atoms with Crippen LogP contribution in [0, 0.1) is 0 Å². The number of aromatic nitrogens is 2. The highest BCUT2D eigenvalue weighted by atomic mass is 32.2. The molecule has 1 aliphatic heterocycles. The predicted octanol–water partition coefficient (Wildman–Crippen LogP) is 0.921. The van der Waals surface area contributed by atoms with Crippen molar-refractivity contribution in [3.05, 3.63) is 42.6 Å². The van der Waals surface area contributed by atoms with E-state index in [-0.39, 0.29) is 5.03 Å². The number of H-pyrrole nitrogens is 1. The molecule has 1 aromatic carbocycles. The normalized spacial score (nSPS) is 17.3. The van der Waals surface area contributed by atoms with Crippen LogP contribution < -0.4 is 4.90 Å². The fraction of sp³-hybridized carbons (Fsp3) is 0.308. The second kappa shape index (κ2) is 5.26. The number of hydrogen-bond donors (Lipinski definition) is 1. The third-order valence-electron chi connectivity index (χ3n) is 3.45. The van der Waals surface area contributed by atoms with E-state index in [1.807, 2.05) is 30.3 Å². The Kier molecular flexibility index (Phi) is 3.45. The van der Waals surface area contributed by atoms with Crippen LogP contribution in [0.3, 0.4) is 0 Å². The van der Waals surface area contributed by atoms with Crippen molar-refractivity contribution in [1.82, 2.24) is 14.5 Å². The number of sulfonamides is 1. The Bertz CT molecular complexity index is 647. The maximum absolute atomic E-state index is 12.3. The van der Waals surface area contributed by atoms with Crippen LogP contribution in [-0.2, 0) is 10.0 Å². The number of benzene rings is 1. The molecule has 7 heteroatoms. The summed E-state index contributed by atoms with van der Waals surface area (Å²) in [5.41, 5.74) is 1.13.